The number of carbonyl (C=O) groups excluding carboxylic acids is 1. The molecule has 0 saturated carbocycles. The van der Waals surface area contributed by atoms with Gasteiger partial charge in [-0.2, -0.15) is 5.26 Å². The largest absolute Gasteiger partial charge is 0.396 e. The number of hydrogen-bond acceptors (Lipinski definition) is 5. The number of amides is 1. The van der Waals surface area contributed by atoms with Crippen molar-refractivity contribution < 1.29 is 4.79 Å². The standard InChI is InChI=1S/C12H17N5O/c1-3-17(4-2)12(18)8-15-11-6-5-9(14)10(7-13)16-11/h5-6H,3-4,8,14H2,1-2H3,(H,15,16). The molecule has 0 aliphatic rings. The van der Waals surface area contributed by atoms with E-state index < -0.39 is 0 Å². The van der Waals surface area contributed by atoms with Gasteiger partial charge in [0.15, 0.2) is 5.69 Å². The van der Waals surface area contributed by atoms with E-state index >= 15 is 0 Å². The topological polar surface area (TPSA) is 95.0 Å². The summed E-state index contributed by atoms with van der Waals surface area (Å²) >= 11 is 0. The summed E-state index contributed by atoms with van der Waals surface area (Å²) in [5.41, 5.74) is 6.05. The number of nitriles is 1. The van der Waals surface area contributed by atoms with E-state index in [1.807, 2.05) is 19.9 Å². The zero-order valence-electron chi connectivity index (χ0n) is 10.6. The maximum Gasteiger partial charge on any atom is 0.241 e. The van der Waals surface area contributed by atoms with Crippen LogP contribution in [0.5, 0.6) is 0 Å². The van der Waals surface area contributed by atoms with Crippen LogP contribution in [0.1, 0.15) is 19.5 Å². The second kappa shape index (κ2) is 6.45. The third-order valence-electron chi connectivity index (χ3n) is 2.57. The molecule has 0 aromatic carbocycles. The SMILES string of the molecule is CCN(CC)C(=O)CNc1ccc(N)c(C#N)n1. The summed E-state index contributed by atoms with van der Waals surface area (Å²) in [6.07, 6.45) is 0. The Labute approximate surface area is 106 Å². The van der Waals surface area contributed by atoms with Gasteiger partial charge in [-0.1, -0.05) is 0 Å². The lowest BCUT2D eigenvalue weighted by Gasteiger charge is -2.18. The van der Waals surface area contributed by atoms with E-state index in [0.29, 0.717) is 24.6 Å². The molecule has 0 aliphatic carbocycles. The number of nitrogens with zero attached hydrogens (tertiary/aromatic N) is 3. The monoisotopic (exact) mass is 247 g/mol. The van der Waals surface area contributed by atoms with Gasteiger partial charge in [0.2, 0.25) is 5.91 Å². The van der Waals surface area contributed by atoms with Crippen molar-refractivity contribution >= 4 is 17.4 Å². The molecule has 6 heteroatoms. The van der Waals surface area contributed by atoms with Crippen LogP contribution in [0, 0.1) is 11.3 Å². The average molecular weight is 247 g/mol. The normalized spacial score (nSPS) is 9.61. The molecule has 6 nitrogen and oxygen atoms in total. The second-order valence-electron chi connectivity index (χ2n) is 3.67. The highest BCUT2D eigenvalue weighted by molar-refractivity contribution is 5.80. The summed E-state index contributed by atoms with van der Waals surface area (Å²) in [5, 5.41) is 11.7. The van der Waals surface area contributed by atoms with Crippen LogP contribution < -0.4 is 11.1 Å². The van der Waals surface area contributed by atoms with Crippen LogP contribution in [0.2, 0.25) is 0 Å². The quantitative estimate of drug-likeness (QED) is 0.803. The third kappa shape index (κ3) is 3.35. The van der Waals surface area contributed by atoms with Crippen LogP contribution in [-0.4, -0.2) is 35.4 Å². The molecule has 1 aromatic heterocycles. The van der Waals surface area contributed by atoms with Crippen molar-refractivity contribution in [1.82, 2.24) is 9.88 Å². The van der Waals surface area contributed by atoms with Crippen LogP contribution in [-0.2, 0) is 4.79 Å². The summed E-state index contributed by atoms with van der Waals surface area (Å²) in [6.45, 7) is 5.36. The van der Waals surface area contributed by atoms with Crippen molar-refractivity contribution in [2.45, 2.75) is 13.8 Å². The minimum Gasteiger partial charge on any atom is -0.396 e. The number of hydrogen-bond donors (Lipinski definition) is 2. The Hall–Kier alpha value is -2.29. The average Bonchev–Trinajstić information content (AvgIpc) is 2.39. The van der Waals surface area contributed by atoms with E-state index in [9.17, 15) is 4.79 Å². The fraction of sp³-hybridized carbons (Fsp3) is 0.417. The van der Waals surface area contributed by atoms with Gasteiger partial charge in [-0.25, -0.2) is 4.98 Å². The zero-order chi connectivity index (χ0) is 13.5. The molecular weight excluding hydrogens is 230 g/mol. The zero-order valence-corrected chi connectivity index (χ0v) is 10.6. The molecule has 1 rings (SSSR count). The molecule has 1 amide bonds. The highest BCUT2D eigenvalue weighted by Crippen LogP contribution is 2.11. The van der Waals surface area contributed by atoms with E-state index in [4.69, 9.17) is 11.0 Å². The molecular formula is C12H17N5O. The molecule has 0 saturated heterocycles. The first-order valence-corrected chi connectivity index (χ1v) is 5.80. The van der Waals surface area contributed by atoms with Gasteiger partial charge in [0.05, 0.1) is 12.2 Å². The van der Waals surface area contributed by atoms with E-state index in [1.165, 1.54) is 0 Å². The Kier molecular flexibility index (Phi) is 4.93. The molecule has 96 valence electrons. The van der Waals surface area contributed by atoms with Gasteiger partial charge in [0.25, 0.3) is 0 Å². The molecule has 0 atom stereocenters. The molecule has 0 spiro atoms. The number of anilines is 2. The van der Waals surface area contributed by atoms with E-state index in [1.54, 1.807) is 17.0 Å². The minimum absolute atomic E-state index is 0.00265. The Morgan fingerprint density at radius 1 is 1.50 bits per heavy atom. The molecule has 0 fully saturated rings. The summed E-state index contributed by atoms with van der Waals surface area (Å²) < 4.78 is 0. The number of aromatic nitrogens is 1. The predicted molar refractivity (Wildman–Crippen MR) is 69.8 cm³/mol. The van der Waals surface area contributed by atoms with Crippen LogP contribution in [0.15, 0.2) is 12.1 Å². The summed E-state index contributed by atoms with van der Waals surface area (Å²) in [5.74, 6) is 0.471. The smallest absolute Gasteiger partial charge is 0.241 e. The van der Waals surface area contributed by atoms with Crippen molar-refractivity contribution in [3.05, 3.63) is 17.8 Å². The Morgan fingerprint density at radius 3 is 2.72 bits per heavy atom. The summed E-state index contributed by atoms with van der Waals surface area (Å²) in [7, 11) is 0. The van der Waals surface area contributed by atoms with Gasteiger partial charge in [-0.15, -0.1) is 0 Å². The van der Waals surface area contributed by atoms with E-state index in [-0.39, 0.29) is 18.1 Å². The molecule has 0 unspecified atom stereocenters. The Bertz CT molecular complexity index is 462. The number of pyridine rings is 1. The van der Waals surface area contributed by atoms with Gasteiger partial charge >= 0.3 is 0 Å². The molecule has 0 aliphatic heterocycles. The van der Waals surface area contributed by atoms with Gasteiger partial charge in [-0.3, -0.25) is 4.79 Å². The number of rotatable bonds is 5. The van der Waals surface area contributed by atoms with Gasteiger partial charge in [-0.05, 0) is 26.0 Å². The Morgan fingerprint density at radius 2 is 2.17 bits per heavy atom. The van der Waals surface area contributed by atoms with Crippen LogP contribution >= 0.6 is 0 Å². The molecule has 0 bridgehead atoms. The minimum atomic E-state index is -0.00265. The van der Waals surface area contributed by atoms with Crippen LogP contribution in [0.3, 0.4) is 0 Å². The fourth-order valence-corrected chi connectivity index (χ4v) is 1.51. The third-order valence-corrected chi connectivity index (χ3v) is 2.57. The molecule has 3 N–H and O–H groups in total. The number of nitrogens with two attached hydrogens (primary N) is 1. The Balaban J connectivity index is 2.64. The lowest BCUT2D eigenvalue weighted by molar-refractivity contribution is -0.128. The van der Waals surface area contributed by atoms with Crippen molar-refractivity contribution in [3.8, 4) is 6.07 Å². The first-order valence-electron chi connectivity index (χ1n) is 5.80. The van der Waals surface area contributed by atoms with Crippen molar-refractivity contribution in [2.24, 2.45) is 0 Å². The number of carbonyl (C=O) groups is 1. The summed E-state index contributed by atoms with van der Waals surface area (Å²) in [6, 6.07) is 5.13. The summed E-state index contributed by atoms with van der Waals surface area (Å²) in [4.78, 5) is 17.5. The van der Waals surface area contributed by atoms with Gasteiger partial charge < -0.3 is 16.0 Å². The highest BCUT2D eigenvalue weighted by Gasteiger charge is 2.09. The highest BCUT2D eigenvalue weighted by atomic mass is 16.2. The first kappa shape index (κ1) is 13.8. The van der Waals surface area contributed by atoms with E-state index in [0.717, 1.165) is 0 Å². The van der Waals surface area contributed by atoms with Crippen molar-refractivity contribution in [3.63, 3.8) is 0 Å². The molecule has 1 heterocycles. The number of likely N-dealkylation sites (N-methyl/N-ethyl adjacent to an activating group) is 1. The maximum absolute atomic E-state index is 11.7. The first-order chi connectivity index (χ1) is 8.62. The lowest BCUT2D eigenvalue weighted by Crippen LogP contribution is -2.35. The molecule has 0 radical (unpaired) electrons. The molecule has 1 aromatic rings. The van der Waals surface area contributed by atoms with Gasteiger partial charge in [0.1, 0.15) is 11.9 Å². The van der Waals surface area contributed by atoms with Gasteiger partial charge in [0, 0.05) is 13.1 Å². The second-order valence-corrected chi connectivity index (χ2v) is 3.67. The van der Waals surface area contributed by atoms with Crippen molar-refractivity contribution in [2.75, 3.05) is 30.7 Å². The molecule has 18 heavy (non-hydrogen) atoms. The predicted octanol–water partition coefficient (Wildman–Crippen LogP) is 0.816. The van der Waals surface area contributed by atoms with Crippen LogP contribution in [0.4, 0.5) is 11.5 Å². The van der Waals surface area contributed by atoms with E-state index in [2.05, 4.69) is 10.3 Å². The lowest BCUT2D eigenvalue weighted by atomic mass is 10.3. The number of nitrogen functional groups attached to an aromatic ring is 1. The maximum atomic E-state index is 11.7. The fourth-order valence-electron chi connectivity index (χ4n) is 1.51. The van der Waals surface area contributed by atoms with Crippen LogP contribution in [0.25, 0.3) is 0 Å². The van der Waals surface area contributed by atoms with Crippen molar-refractivity contribution in [1.29, 1.82) is 5.26 Å². The number of nitrogens with one attached hydrogen (secondary N) is 1.